The number of hydrogen-bond donors (Lipinski definition) is 2. The molecule has 0 aliphatic heterocycles. The number of phenols is 1. The Hall–Kier alpha value is -3.02. The highest BCUT2D eigenvalue weighted by molar-refractivity contribution is 6.00. The highest BCUT2D eigenvalue weighted by Crippen LogP contribution is 2.23. The Morgan fingerprint density at radius 2 is 1.81 bits per heavy atom. The third-order valence-electron chi connectivity index (χ3n) is 2.60. The fraction of sp³-hybridized carbons (Fsp3) is 0.0667. The Labute approximate surface area is 120 Å². The lowest BCUT2D eigenvalue weighted by Gasteiger charge is -2.10. The van der Waals surface area contributed by atoms with Crippen LogP contribution >= 0.6 is 0 Å². The summed E-state index contributed by atoms with van der Waals surface area (Å²) in [6.07, 6.45) is -0.781. The van der Waals surface area contributed by atoms with Crippen LogP contribution in [0.15, 0.2) is 48.5 Å². The molecule has 0 aliphatic rings. The average molecular weight is 287 g/mol. The van der Waals surface area contributed by atoms with Crippen molar-refractivity contribution < 1.29 is 24.2 Å². The summed E-state index contributed by atoms with van der Waals surface area (Å²) >= 11 is 0. The van der Waals surface area contributed by atoms with Crippen LogP contribution < -0.4 is 10.1 Å². The van der Waals surface area contributed by atoms with Gasteiger partial charge in [-0.2, -0.15) is 0 Å². The molecule has 2 aromatic carbocycles. The first-order chi connectivity index (χ1) is 10.1. The van der Waals surface area contributed by atoms with Gasteiger partial charge in [-0.1, -0.05) is 18.2 Å². The van der Waals surface area contributed by atoms with Crippen molar-refractivity contribution in [2.24, 2.45) is 0 Å². The van der Waals surface area contributed by atoms with Gasteiger partial charge in [-0.3, -0.25) is 5.32 Å². The monoisotopic (exact) mass is 287 g/mol. The van der Waals surface area contributed by atoms with Crippen LogP contribution in [-0.4, -0.2) is 24.3 Å². The molecule has 2 rings (SSSR count). The number of carbonyl (C=O) groups is 2. The SMILES string of the molecule is COC(=O)c1ccc(O)cc1NC(=O)Oc1ccccc1. The van der Waals surface area contributed by atoms with Gasteiger partial charge in [0.1, 0.15) is 11.5 Å². The van der Waals surface area contributed by atoms with Gasteiger partial charge < -0.3 is 14.6 Å². The van der Waals surface area contributed by atoms with Gasteiger partial charge in [-0.25, -0.2) is 9.59 Å². The second-order valence-electron chi connectivity index (χ2n) is 4.05. The maximum Gasteiger partial charge on any atom is 0.417 e. The number of amides is 1. The van der Waals surface area contributed by atoms with Crippen LogP contribution in [0, 0.1) is 0 Å². The van der Waals surface area contributed by atoms with Crippen LogP contribution in [0.3, 0.4) is 0 Å². The number of benzene rings is 2. The topological polar surface area (TPSA) is 84.9 Å². The lowest BCUT2D eigenvalue weighted by molar-refractivity contribution is 0.0602. The number of para-hydroxylation sites is 1. The van der Waals surface area contributed by atoms with E-state index in [1.807, 2.05) is 0 Å². The first-order valence-electron chi connectivity index (χ1n) is 6.05. The molecule has 0 unspecified atom stereocenters. The van der Waals surface area contributed by atoms with Gasteiger partial charge in [0, 0.05) is 6.07 Å². The zero-order chi connectivity index (χ0) is 15.2. The van der Waals surface area contributed by atoms with E-state index in [0.717, 1.165) is 0 Å². The normalized spacial score (nSPS) is 9.76. The lowest BCUT2D eigenvalue weighted by atomic mass is 10.1. The number of nitrogens with one attached hydrogen (secondary N) is 1. The summed E-state index contributed by atoms with van der Waals surface area (Å²) in [5.41, 5.74) is 0.211. The molecule has 0 aromatic heterocycles. The number of esters is 1. The van der Waals surface area contributed by atoms with Crippen molar-refractivity contribution in [2.45, 2.75) is 0 Å². The van der Waals surface area contributed by atoms with Crippen LogP contribution in [0.4, 0.5) is 10.5 Å². The molecule has 0 radical (unpaired) electrons. The molecule has 0 heterocycles. The summed E-state index contributed by atoms with van der Waals surface area (Å²) in [6.45, 7) is 0. The van der Waals surface area contributed by atoms with E-state index in [1.54, 1.807) is 30.3 Å². The quantitative estimate of drug-likeness (QED) is 0.848. The number of hydrogen-bond acceptors (Lipinski definition) is 5. The van der Waals surface area contributed by atoms with Crippen molar-refractivity contribution in [3.8, 4) is 11.5 Å². The Morgan fingerprint density at radius 3 is 2.48 bits per heavy atom. The van der Waals surface area contributed by atoms with Crippen molar-refractivity contribution >= 4 is 17.7 Å². The van der Waals surface area contributed by atoms with E-state index in [0.29, 0.717) is 5.75 Å². The summed E-state index contributed by atoms with van der Waals surface area (Å²) in [5.74, 6) is -0.377. The molecule has 0 saturated carbocycles. The Kier molecular flexibility index (Phi) is 4.40. The summed E-state index contributed by atoms with van der Waals surface area (Å²) in [6, 6.07) is 12.4. The van der Waals surface area contributed by atoms with Crippen molar-refractivity contribution in [1.29, 1.82) is 0 Å². The lowest BCUT2D eigenvalue weighted by Crippen LogP contribution is -2.19. The minimum Gasteiger partial charge on any atom is -0.508 e. The largest absolute Gasteiger partial charge is 0.508 e. The first kappa shape index (κ1) is 14.4. The number of rotatable bonds is 3. The van der Waals surface area contributed by atoms with Crippen LogP contribution in [0.2, 0.25) is 0 Å². The molecule has 2 aromatic rings. The number of anilines is 1. The number of carbonyl (C=O) groups excluding carboxylic acids is 2. The number of methoxy groups -OCH3 is 1. The van der Waals surface area contributed by atoms with Gasteiger partial charge in [0.2, 0.25) is 0 Å². The number of aromatic hydroxyl groups is 1. The zero-order valence-electron chi connectivity index (χ0n) is 11.2. The molecule has 108 valence electrons. The van der Waals surface area contributed by atoms with E-state index in [4.69, 9.17) is 4.74 Å². The van der Waals surface area contributed by atoms with E-state index in [9.17, 15) is 14.7 Å². The molecule has 21 heavy (non-hydrogen) atoms. The molecule has 0 saturated heterocycles. The van der Waals surface area contributed by atoms with E-state index < -0.39 is 12.1 Å². The van der Waals surface area contributed by atoms with E-state index in [1.165, 1.54) is 25.3 Å². The zero-order valence-corrected chi connectivity index (χ0v) is 11.2. The third-order valence-corrected chi connectivity index (χ3v) is 2.60. The van der Waals surface area contributed by atoms with Gasteiger partial charge in [-0.05, 0) is 24.3 Å². The second kappa shape index (κ2) is 6.42. The number of ether oxygens (including phenoxy) is 2. The fourth-order valence-corrected chi connectivity index (χ4v) is 1.65. The minimum atomic E-state index is -0.781. The van der Waals surface area contributed by atoms with Crippen LogP contribution in [-0.2, 0) is 4.74 Å². The molecule has 0 aliphatic carbocycles. The molecule has 0 atom stereocenters. The van der Waals surface area contributed by atoms with Gasteiger partial charge in [0.25, 0.3) is 0 Å². The Bertz CT molecular complexity index is 654. The molecule has 0 bridgehead atoms. The maximum atomic E-state index is 11.8. The van der Waals surface area contributed by atoms with Gasteiger partial charge in [0.15, 0.2) is 0 Å². The van der Waals surface area contributed by atoms with Crippen molar-refractivity contribution in [2.75, 3.05) is 12.4 Å². The highest BCUT2D eigenvalue weighted by atomic mass is 16.6. The van der Waals surface area contributed by atoms with E-state index >= 15 is 0 Å². The molecule has 0 spiro atoms. The third kappa shape index (κ3) is 3.73. The van der Waals surface area contributed by atoms with Crippen molar-refractivity contribution in [3.05, 3.63) is 54.1 Å². The molecule has 2 N–H and O–H groups in total. The second-order valence-corrected chi connectivity index (χ2v) is 4.05. The smallest absolute Gasteiger partial charge is 0.417 e. The van der Waals surface area contributed by atoms with E-state index in [-0.39, 0.29) is 17.0 Å². The Morgan fingerprint density at radius 1 is 1.10 bits per heavy atom. The molecular weight excluding hydrogens is 274 g/mol. The maximum absolute atomic E-state index is 11.8. The van der Waals surface area contributed by atoms with Gasteiger partial charge in [-0.15, -0.1) is 0 Å². The Balaban J connectivity index is 2.16. The van der Waals surface area contributed by atoms with Crippen LogP contribution in [0.5, 0.6) is 11.5 Å². The summed E-state index contributed by atoms with van der Waals surface area (Å²) in [5, 5.41) is 11.8. The standard InChI is InChI=1S/C15H13NO5/c1-20-14(18)12-8-7-10(17)9-13(12)16-15(19)21-11-5-3-2-4-6-11/h2-9,17H,1H3,(H,16,19). The predicted octanol–water partition coefficient (Wildman–Crippen LogP) is 2.79. The van der Waals surface area contributed by atoms with Crippen LogP contribution in [0.1, 0.15) is 10.4 Å². The molecule has 6 nitrogen and oxygen atoms in total. The van der Waals surface area contributed by atoms with Gasteiger partial charge in [0.05, 0.1) is 18.4 Å². The van der Waals surface area contributed by atoms with Crippen molar-refractivity contribution in [1.82, 2.24) is 0 Å². The predicted molar refractivity (Wildman–Crippen MR) is 75.5 cm³/mol. The van der Waals surface area contributed by atoms with Crippen LogP contribution in [0.25, 0.3) is 0 Å². The summed E-state index contributed by atoms with van der Waals surface area (Å²) < 4.78 is 9.65. The minimum absolute atomic E-state index is 0.0994. The van der Waals surface area contributed by atoms with Crippen molar-refractivity contribution in [3.63, 3.8) is 0 Å². The number of phenolic OH excluding ortho intramolecular Hbond substituents is 1. The fourth-order valence-electron chi connectivity index (χ4n) is 1.65. The van der Waals surface area contributed by atoms with Gasteiger partial charge >= 0.3 is 12.1 Å². The average Bonchev–Trinajstić information content (AvgIpc) is 2.47. The summed E-state index contributed by atoms with van der Waals surface area (Å²) in [4.78, 5) is 23.4. The molecule has 6 heteroatoms. The summed E-state index contributed by atoms with van der Waals surface area (Å²) in [7, 11) is 1.22. The first-order valence-corrected chi connectivity index (χ1v) is 6.05. The highest BCUT2D eigenvalue weighted by Gasteiger charge is 2.15. The van der Waals surface area contributed by atoms with E-state index in [2.05, 4.69) is 10.1 Å². The molecular formula is C15H13NO5. The molecule has 1 amide bonds. The molecule has 0 fully saturated rings.